The number of aromatic nitrogens is 2. The van der Waals surface area contributed by atoms with Gasteiger partial charge < -0.3 is 19.7 Å². The van der Waals surface area contributed by atoms with Gasteiger partial charge in [0.25, 0.3) is 11.5 Å². The molecule has 3 heterocycles. The number of hydrogen-bond acceptors (Lipinski definition) is 6. The van der Waals surface area contributed by atoms with Gasteiger partial charge in [-0.3, -0.25) is 14.2 Å². The SMILES string of the molecule is CCOc1cc([C@H]2C(C(=O)Nc3ccccc3)=C(C)N=c3s/c(=C\c4c(C)n(C)c5ccccc45)c(=O)n32)ccc1O. The van der Waals surface area contributed by atoms with Gasteiger partial charge in [0.15, 0.2) is 16.3 Å². The molecule has 0 spiro atoms. The molecule has 212 valence electrons. The van der Waals surface area contributed by atoms with Gasteiger partial charge >= 0.3 is 0 Å². The second-order valence-corrected chi connectivity index (χ2v) is 11.1. The first-order valence-electron chi connectivity index (χ1n) is 13.7. The van der Waals surface area contributed by atoms with Crippen LogP contribution in [-0.4, -0.2) is 26.8 Å². The average molecular weight is 579 g/mol. The molecule has 1 atom stereocenters. The van der Waals surface area contributed by atoms with Crippen molar-refractivity contribution in [1.29, 1.82) is 0 Å². The fourth-order valence-corrected chi connectivity index (χ4v) is 6.51. The second kappa shape index (κ2) is 10.8. The Hall–Kier alpha value is -4.89. The first kappa shape index (κ1) is 27.3. The summed E-state index contributed by atoms with van der Waals surface area (Å²) in [6.45, 7) is 5.99. The molecule has 1 amide bonds. The van der Waals surface area contributed by atoms with E-state index in [1.165, 1.54) is 17.4 Å². The fraction of sp³-hybridized carbons (Fsp3) is 0.182. The van der Waals surface area contributed by atoms with Crippen LogP contribution in [0.2, 0.25) is 0 Å². The number of allylic oxidation sites excluding steroid dienone is 1. The van der Waals surface area contributed by atoms with Crippen molar-refractivity contribution in [2.75, 3.05) is 11.9 Å². The highest BCUT2D eigenvalue weighted by Gasteiger charge is 2.33. The molecule has 0 bridgehead atoms. The lowest BCUT2D eigenvalue weighted by Crippen LogP contribution is -2.40. The van der Waals surface area contributed by atoms with Gasteiger partial charge in [-0.1, -0.05) is 53.8 Å². The van der Waals surface area contributed by atoms with E-state index in [4.69, 9.17) is 9.73 Å². The standard InChI is InChI=1S/C33H30N4O4S/c1-5-41-27-17-21(15-16-26(27)38)30-29(31(39)35-22-11-7-6-8-12-22)19(2)34-33-37(30)32(40)28(42-33)18-24-20(3)36(4)25-14-10-9-13-23(24)25/h6-18,30,38H,5H2,1-4H3,(H,35,39)/b28-18-/t30-/m0/s1. The number of phenolic OH excluding ortho intramolecular Hbond substituents is 1. The largest absolute Gasteiger partial charge is 0.504 e. The number of para-hydroxylation sites is 2. The summed E-state index contributed by atoms with van der Waals surface area (Å²) < 4.78 is 9.86. The van der Waals surface area contributed by atoms with Crippen LogP contribution in [-0.2, 0) is 11.8 Å². The number of hydrogen-bond donors (Lipinski definition) is 2. The Morgan fingerprint density at radius 1 is 1.10 bits per heavy atom. The zero-order valence-electron chi connectivity index (χ0n) is 23.7. The third kappa shape index (κ3) is 4.61. The molecule has 0 aliphatic carbocycles. The maximum Gasteiger partial charge on any atom is 0.271 e. The van der Waals surface area contributed by atoms with Crippen LogP contribution >= 0.6 is 11.3 Å². The lowest BCUT2D eigenvalue weighted by atomic mass is 9.94. The number of carbonyl (C=O) groups excluding carboxylic acids is 1. The van der Waals surface area contributed by atoms with Crippen LogP contribution in [0.3, 0.4) is 0 Å². The summed E-state index contributed by atoms with van der Waals surface area (Å²) in [5, 5.41) is 14.4. The second-order valence-electron chi connectivity index (χ2n) is 10.1. The van der Waals surface area contributed by atoms with Gasteiger partial charge in [0, 0.05) is 34.9 Å². The van der Waals surface area contributed by atoms with Gasteiger partial charge in [-0.05, 0) is 62.7 Å². The number of aryl methyl sites for hydroxylation is 1. The minimum Gasteiger partial charge on any atom is -0.504 e. The molecular weight excluding hydrogens is 548 g/mol. The highest BCUT2D eigenvalue weighted by atomic mass is 32.1. The third-order valence-electron chi connectivity index (χ3n) is 7.62. The number of aromatic hydroxyl groups is 1. The molecule has 1 aliphatic heterocycles. The molecule has 5 aromatic rings. The topological polar surface area (TPSA) is 97.9 Å². The van der Waals surface area contributed by atoms with E-state index in [9.17, 15) is 14.7 Å². The van der Waals surface area contributed by atoms with Crippen LogP contribution < -0.4 is 24.9 Å². The van der Waals surface area contributed by atoms with Gasteiger partial charge in [0.2, 0.25) is 0 Å². The minimum atomic E-state index is -0.791. The van der Waals surface area contributed by atoms with E-state index in [0.29, 0.717) is 38.5 Å². The molecule has 0 unspecified atom stereocenters. The van der Waals surface area contributed by atoms with Gasteiger partial charge in [0.1, 0.15) is 0 Å². The summed E-state index contributed by atoms with van der Waals surface area (Å²) in [5.41, 5.74) is 4.94. The van der Waals surface area contributed by atoms with Gasteiger partial charge in [0.05, 0.1) is 28.5 Å². The van der Waals surface area contributed by atoms with Crippen molar-refractivity contribution in [3.8, 4) is 11.5 Å². The van der Waals surface area contributed by atoms with E-state index in [1.807, 2.05) is 57.3 Å². The van der Waals surface area contributed by atoms with Crippen LogP contribution in [0.5, 0.6) is 11.5 Å². The molecule has 1 aliphatic rings. The average Bonchev–Trinajstić information content (AvgIpc) is 3.42. The van der Waals surface area contributed by atoms with E-state index in [1.54, 1.807) is 35.8 Å². The van der Waals surface area contributed by atoms with Crippen molar-refractivity contribution in [1.82, 2.24) is 9.13 Å². The molecular formula is C33H30N4O4S. The Morgan fingerprint density at radius 3 is 2.60 bits per heavy atom. The van der Waals surface area contributed by atoms with Crippen molar-refractivity contribution in [2.24, 2.45) is 12.0 Å². The van der Waals surface area contributed by atoms with E-state index in [-0.39, 0.29) is 23.0 Å². The van der Waals surface area contributed by atoms with Gasteiger partial charge in [-0.15, -0.1) is 0 Å². The summed E-state index contributed by atoms with van der Waals surface area (Å²) in [5.74, 6) is -0.103. The number of nitrogens with one attached hydrogen (secondary N) is 1. The molecule has 2 aromatic heterocycles. The molecule has 8 nitrogen and oxygen atoms in total. The van der Waals surface area contributed by atoms with Crippen molar-refractivity contribution < 1.29 is 14.6 Å². The molecule has 9 heteroatoms. The maximum atomic E-state index is 14.2. The van der Waals surface area contributed by atoms with Gasteiger partial charge in [-0.2, -0.15) is 0 Å². The number of rotatable bonds is 6. The van der Waals surface area contributed by atoms with E-state index >= 15 is 0 Å². The zero-order chi connectivity index (χ0) is 29.5. The van der Waals surface area contributed by atoms with E-state index < -0.39 is 6.04 Å². The quantitative estimate of drug-likeness (QED) is 0.303. The van der Waals surface area contributed by atoms with E-state index in [2.05, 4.69) is 22.0 Å². The lowest BCUT2D eigenvalue weighted by molar-refractivity contribution is -0.113. The molecule has 0 fully saturated rings. The highest BCUT2D eigenvalue weighted by Crippen LogP contribution is 2.36. The number of ether oxygens (including phenoxy) is 1. The summed E-state index contributed by atoms with van der Waals surface area (Å²) >= 11 is 1.29. The van der Waals surface area contributed by atoms with Crippen molar-refractivity contribution in [2.45, 2.75) is 26.8 Å². The summed E-state index contributed by atoms with van der Waals surface area (Å²) in [4.78, 5) is 33.3. The third-order valence-corrected chi connectivity index (χ3v) is 8.60. The number of thiazole rings is 1. The first-order valence-corrected chi connectivity index (χ1v) is 14.5. The summed E-state index contributed by atoms with van der Waals surface area (Å²) in [6.07, 6.45) is 1.92. The number of carbonyl (C=O) groups is 1. The Labute approximate surface area is 246 Å². The molecule has 42 heavy (non-hydrogen) atoms. The smallest absolute Gasteiger partial charge is 0.271 e. The molecule has 0 saturated heterocycles. The number of fused-ring (bicyclic) bond motifs is 2. The number of nitrogens with zero attached hydrogens (tertiary/aromatic N) is 3. The monoisotopic (exact) mass is 578 g/mol. The highest BCUT2D eigenvalue weighted by molar-refractivity contribution is 7.07. The minimum absolute atomic E-state index is 0.0181. The predicted octanol–water partition coefficient (Wildman–Crippen LogP) is 4.78. The molecule has 3 aromatic carbocycles. The van der Waals surface area contributed by atoms with Crippen molar-refractivity contribution in [3.63, 3.8) is 0 Å². The number of phenols is 1. The Balaban J connectivity index is 1.57. The first-order chi connectivity index (χ1) is 20.3. The van der Waals surface area contributed by atoms with Gasteiger partial charge in [-0.25, -0.2) is 4.99 Å². The van der Waals surface area contributed by atoms with Crippen LogP contribution in [0, 0.1) is 6.92 Å². The Bertz CT molecular complexity index is 2070. The zero-order valence-corrected chi connectivity index (χ0v) is 24.5. The Kier molecular flexibility index (Phi) is 7.04. The molecule has 0 radical (unpaired) electrons. The fourth-order valence-electron chi connectivity index (χ4n) is 5.48. The number of benzene rings is 3. The summed E-state index contributed by atoms with van der Waals surface area (Å²) in [7, 11) is 2.01. The van der Waals surface area contributed by atoms with E-state index in [0.717, 1.165) is 22.2 Å². The van der Waals surface area contributed by atoms with Crippen molar-refractivity contribution in [3.05, 3.63) is 121 Å². The molecule has 2 N–H and O–H groups in total. The number of anilines is 1. The predicted molar refractivity (Wildman–Crippen MR) is 166 cm³/mol. The Morgan fingerprint density at radius 2 is 1.83 bits per heavy atom. The van der Waals surface area contributed by atoms with Crippen LogP contribution in [0.1, 0.15) is 36.7 Å². The molecule has 6 rings (SSSR count). The normalized spacial score (nSPS) is 15.0. The van der Waals surface area contributed by atoms with Crippen LogP contribution in [0.15, 0.2) is 93.9 Å². The summed E-state index contributed by atoms with van der Waals surface area (Å²) in [6, 6.07) is 21.4. The van der Waals surface area contributed by atoms with Crippen molar-refractivity contribution >= 4 is 39.9 Å². The van der Waals surface area contributed by atoms with Crippen LogP contribution in [0.25, 0.3) is 17.0 Å². The molecule has 0 saturated carbocycles. The maximum absolute atomic E-state index is 14.2. The van der Waals surface area contributed by atoms with Crippen LogP contribution in [0.4, 0.5) is 5.69 Å². The number of amides is 1. The lowest BCUT2D eigenvalue weighted by Gasteiger charge is -2.26.